The Morgan fingerprint density at radius 2 is 1.71 bits per heavy atom. The maximum absolute atomic E-state index is 6.38. The van der Waals surface area contributed by atoms with Crippen LogP contribution in [0.15, 0.2) is 40.9 Å². The first kappa shape index (κ1) is 21.1. The van der Waals surface area contributed by atoms with Crippen molar-refractivity contribution in [2.75, 3.05) is 13.1 Å². The van der Waals surface area contributed by atoms with E-state index in [0.29, 0.717) is 5.92 Å². The molecule has 0 amide bonds. The summed E-state index contributed by atoms with van der Waals surface area (Å²) >= 11 is 0. The summed E-state index contributed by atoms with van der Waals surface area (Å²) in [6.07, 6.45) is 10.8. The summed E-state index contributed by atoms with van der Waals surface area (Å²) in [5.74, 6) is 3.70. The Balaban J connectivity index is 1.75. The summed E-state index contributed by atoms with van der Waals surface area (Å²) in [5, 5.41) is 0. The van der Waals surface area contributed by atoms with Crippen molar-refractivity contribution in [2.45, 2.75) is 78.2 Å². The van der Waals surface area contributed by atoms with E-state index < -0.39 is 0 Å². The normalized spacial score (nSPS) is 17.3. The van der Waals surface area contributed by atoms with E-state index in [1.54, 1.807) is 0 Å². The molecular weight excluding hydrogens is 344 g/mol. The monoisotopic (exact) mass is 382 g/mol. The molecule has 0 aliphatic carbocycles. The number of nitrogens with zero attached hydrogens (tertiary/aromatic N) is 2. The van der Waals surface area contributed by atoms with Crippen LogP contribution in [0.25, 0.3) is 0 Å². The summed E-state index contributed by atoms with van der Waals surface area (Å²) in [5.41, 5.74) is 1.34. The molecule has 1 fully saturated rings. The number of aromatic nitrogens is 1. The van der Waals surface area contributed by atoms with Crippen LogP contribution in [-0.2, 0) is 6.54 Å². The van der Waals surface area contributed by atoms with Crippen molar-refractivity contribution in [3.63, 3.8) is 0 Å². The van der Waals surface area contributed by atoms with Crippen molar-refractivity contribution < 1.29 is 4.42 Å². The fraction of sp³-hybridized carbons (Fsp3) is 0.640. The Morgan fingerprint density at radius 1 is 1.04 bits per heavy atom. The minimum atomic E-state index is 0.265. The number of rotatable bonds is 10. The molecular formula is C25H38N2O. The molecule has 0 spiro atoms. The summed E-state index contributed by atoms with van der Waals surface area (Å²) in [7, 11) is 0. The molecule has 0 saturated carbocycles. The second kappa shape index (κ2) is 10.8. The van der Waals surface area contributed by atoms with E-state index in [9.17, 15) is 0 Å². The molecule has 1 aliphatic rings. The van der Waals surface area contributed by atoms with E-state index in [4.69, 9.17) is 9.40 Å². The molecule has 1 atom stereocenters. The zero-order valence-corrected chi connectivity index (χ0v) is 18.1. The van der Waals surface area contributed by atoms with Gasteiger partial charge in [-0.2, -0.15) is 0 Å². The van der Waals surface area contributed by atoms with Gasteiger partial charge in [0.15, 0.2) is 0 Å². The first-order chi connectivity index (χ1) is 13.7. The molecule has 1 aliphatic heterocycles. The Bertz CT molecular complexity index is 667. The summed E-state index contributed by atoms with van der Waals surface area (Å²) in [4.78, 5) is 7.31. The molecule has 1 aromatic heterocycles. The fourth-order valence-electron chi connectivity index (χ4n) is 4.81. The molecule has 154 valence electrons. The molecule has 0 radical (unpaired) electrons. The highest BCUT2D eigenvalue weighted by atomic mass is 16.4. The number of oxazole rings is 1. The van der Waals surface area contributed by atoms with Gasteiger partial charge >= 0.3 is 0 Å². The van der Waals surface area contributed by atoms with Crippen molar-refractivity contribution in [3.8, 4) is 0 Å². The van der Waals surface area contributed by atoms with Crippen molar-refractivity contribution in [1.82, 2.24) is 9.88 Å². The van der Waals surface area contributed by atoms with Gasteiger partial charge in [-0.3, -0.25) is 4.90 Å². The van der Waals surface area contributed by atoms with Gasteiger partial charge in [0.05, 0.1) is 18.7 Å². The number of likely N-dealkylation sites (tertiary alicyclic amines) is 1. The van der Waals surface area contributed by atoms with Crippen LogP contribution in [0.4, 0.5) is 0 Å². The Hall–Kier alpha value is -1.61. The molecule has 3 rings (SSSR count). The highest BCUT2D eigenvalue weighted by molar-refractivity contribution is 5.26. The topological polar surface area (TPSA) is 29.3 Å². The number of hydrogen-bond donors (Lipinski definition) is 0. The van der Waals surface area contributed by atoms with Crippen LogP contribution in [-0.4, -0.2) is 23.0 Å². The van der Waals surface area contributed by atoms with Crippen molar-refractivity contribution >= 4 is 0 Å². The predicted octanol–water partition coefficient (Wildman–Crippen LogP) is 6.64. The smallest absolute Gasteiger partial charge is 0.202 e. The molecule has 1 saturated heterocycles. The zero-order valence-electron chi connectivity index (χ0n) is 18.1. The third-order valence-electron chi connectivity index (χ3n) is 6.45. The second-order valence-electron chi connectivity index (χ2n) is 8.52. The van der Waals surface area contributed by atoms with Crippen LogP contribution >= 0.6 is 0 Å². The first-order valence-corrected chi connectivity index (χ1v) is 11.5. The lowest BCUT2D eigenvalue weighted by Crippen LogP contribution is -2.32. The van der Waals surface area contributed by atoms with Gasteiger partial charge in [-0.25, -0.2) is 4.98 Å². The molecule has 1 unspecified atom stereocenters. The standard InChI is InChI=1S/C25H38N2O/c1-4-10-21(11-5-2)24(22-12-8-7-9-13-22)25-26-18-23(28-25)19-27-16-14-20(6-3)15-17-27/h7-9,12-13,18,20-21,24H,4-6,10-11,14-17,19H2,1-3H3. The fourth-order valence-corrected chi connectivity index (χ4v) is 4.81. The first-order valence-electron chi connectivity index (χ1n) is 11.5. The Kier molecular flexibility index (Phi) is 8.14. The van der Waals surface area contributed by atoms with Gasteiger partial charge in [-0.15, -0.1) is 0 Å². The highest BCUT2D eigenvalue weighted by Crippen LogP contribution is 2.37. The van der Waals surface area contributed by atoms with Crippen molar-refractivity contribution in [3.05, 3.63) is 53.7 Å². The molecule has 0 bridgehead atoms. The number of piperidine rings is 1. The van der Waals surface area contributed by atoms with Gasteiger partial charge in [0.25, 0.3) is 0 Å². The summed E-state index contributed by atoms with van der Waals surface area (Å²) in [6.45, 7) is 10.2. The quantitative estimate of drug-likeness (QED) is 0.461. The van der Waals surface area contributed by atoms with E-state index >= 15 is 0 Å². The van der Waals surface area contributed by atoms with Crippen LogP contribution in [0.2, 0.25) is 0 Å². The SMILES string of the molecule is CCCC(CCC)C(c1ccccc1)c1ncc(CN2CCC(CC)CC2)o1. The minimum absolute atomic E-state index is 0.265. The Morgan fingerprint density at radius 3 is 2.32 bits per heavy atom. The van der Waals surface area contributed by atoms with E-state index in [1.807, 2.05) is 6.20 Å². The van der Waals surface area contributed by atoms with Gasteiger partial charge in [-0.05, 0) is 56.2 Å². The summed E-state index contributed by atoms with van der Waals surface area (Å²) < 4.78 is 6.38. The van der Waals surface area contributed by atoms with E-state index in [1.165, 1.54) is 63.6 Å². The van der Waals surface area contributed by atoms with Crippen LogP contribution in [0, 0.1) is 11.8 Å². The van der Waals surface area contributed by atoms with Crippen LogP contribution in [0.1, 0.15) is 88.8 Å². The lowest BCUT2D eigenvalue weighted by atomic mass is 9.80. The van der Waals surface area contributed by atoms with Crippen molar-refractivity contribution in [2.24, 2.45) is 11.8 Å². The molecule has 3 nitrogen and oxygen atoms in total. The van der Waals surface area contributed by atoms with Gasteiger partial charge < -0.3 is 4.42 Å². The molecule has 1 aromatic carbocycles. The van der Waals surface area contributed by atoms with E-state index in [2.05, 4.69) is 56.0 Å². The zero-order chi connectivity index (χ0) is 19.8. The Labute approximate surface area is 171 Å². The third-order valence-corrected chi connectivity index (χ3v) is 6.45. The maximum Gasteiger partial charge on any atom is 0.202 e. The highest BCUT2D eigenvalue weighted by Gasteiger charge is 2.28. The lowest BCUT2D eigenvalue weighted by Gasteiger charge is -2.30. The molecule has 0 N–H and O–H groups in total. The number of hydrogen-bond acceptors (Lipinski definition) is 3. The van der Waals surface area contributed by atoms with Crippen LogP contribution in [0.3, 0.4) is 0 Å². The largest absolute Gasteiger partial charge is 0.444 e. The van der Waals surface area contributed by atoms with E-state index in [-0.39, 0.29) is 5.92 Å². The predicted molar refractivity (Wildman–Crippen MR) is 116 cm³/mol. The number of benzene rings is 1. The average molecular weight is 383 g/mol. The minimum Gasteiger partial charge on any atom is -0.444 e. The van der Waals surface area contributed by atoms with Gasteiger partial charge in [0.1, 0.15) is 5.76 Å². The summed E-state index contributed by atoms with van der Waals surface area (Å²) in [6, 6.07) is 10.8. The lowest BCUT2D eigenvalue weighted by molar-refractivity contribution is 0.162. The molecule has 2 aromatic rings. The molecule has 3 heteroatoms. The van der Waals surface area contributed by atoms with Gasteiger partial charge in [-0.1, -0.05) is 70.4 Å². The molecule has 28 heavy (non-hydrogen) atoms. The maximum atomic E-state index is 6.38. The average Bonchev–Trinajstić information content (AvgIpc) is 3.18. The third kappa shape index (κ3) is 5.47. The van der Waals surface area contributed by atoms with Gasteiger partial charge in [0, 0.05) is 0 Å². The van der Waals surface area contributed by atoms with Crippen LogP contribution < -0.4 is 0 Å². The van der Waals surface area contributed by atoms with E-state index in [0.717, 1.165) is 24.1 Å². The molecule has 2 heterocycles. The van der Waals surface area contributed by atoms with Crippen LogP contribution in [0.5, 0.6) is 0 Å². The van der Waals surface area contributed by atoms with Gasteiger partial charge in [0.2, 0.25) is 5.89 Å². The second-order valence-corrected chi connectivity index (χ2v) is 8.52. The van der Waals surface area contributed by atoms with Crippen molar-refractivity contribution in [1.29, 1.82) is 0 Å².